The highest BCUT2D eigenvalue weighted by Crippen LogP contribution is 2.17. The van der Waals surface area contributed by atoms with Crippen molar-refractivity contribution in [3.05, 3.63) is 46.4 Å². The molecule has 0 bridgehead atoms. The predicted molar refractivity (Wildman–Crippen MR) is 91.2 cm³/mol. The van der Waals surface area contributed by atoms with Crippen LogP contribution in [-0.2, 0) is 17.8 Å². The highest BCUT2D eigenvalue weighted by Gasteiger charge is 2.21. The van der Waals surface area contributed by atoms with Crippen LogP contribution in [0.3, 0.4) is 0 Å². The molecule has 0 unspecified atom stereocenters. The van der Waals surface area contributed by atoms with E-state index >= 15 is 0 Å². The molecule has 1 fully saturated rings. The number of anilines is 1. The lowest BCUT2D eigenvalue weighted by Crippen LogP contribution is -2.44. The van der Waals surface area contributed by atoms with Crippen LogP contribution < -0.4 is 5.32 Å². The molecule has 22 heavy (non-hydrogen) atoms. The van der Waals surface area contributed by atoms with E-state index in [1.165, 1.54) is 5.56 Å². The molecular formula is C17H23N3OS. The maximum atomic E-state index is 5.80. The zero-order chi connectivity index (χ0) is 15.4. The summed E-state index contributed by atoms with van der Waals surface area (Å²) in [7, 11) is 0. The maximum Gasteiger partial charge on any atom is 0.0795 e. The third-order valence-corrected chi connectivity index (χ3v) is 4.42. The molecule has 0 aliphatic carbocycles. The van der Waals surface area contributed by atoms with Gasteiger partial charge in [-0.05, 0) is 31.5 Å². The molecule has 2 aromatic rings. The van der Waals surface area contributed by atoms with Crippen molar-refractivity contribution in [3.8, 4) is 0 Å². The zero-order valence-corrected chi connectivity index (χ0v) is 14.0. The first kappa shape index (κ1) is 15.5. The van der Waals surface area contributed by atoms with Crippen molar-refractivity contribution in [2.75, 3.05) is 18.4 Å². The first-order valence-corrected chi connectivity index (χ1v) is 8.71. The molecule has 1 N–H and O–H groups in total. The van der Waals surface area contributed by atoms with Gasteiger partial charge in [-0.2, -0.15) is 0 Å². The second-order valence-corrected chi connectivity index (χ2v) is 6.70. The summed E-state index contributed by atoms with van der Waals surface area (Å²) in [5, 5.41) is 5.52. The van der Waals surface area contributed by atoms with Crippen LogP contribution in [0.2, 0.25) is 0 Å². The number of aromatic nitrogens is 1. The van der Waals surface area contributed by atoms with E-state index in [0.717, 1.165) is 37.6 Å². The van der Waals surface area contributed by atoms with Crippen molar-refractivity contribution in [2.45, 2.75) is 39.1 Å². The van der Waals surface area contributed by atoms with Crippen molar-refractivity contribution in [1.82, 2.24) is 9.88 Å². The lowest BCUT2D eigenvalue weighted by atomic mass is 10.1. The largest absolute Gasteiger partial charge is 0.379 e. The van der Waals surface area contributed by atoms with Crippen LogP contribution in [0.1, 0.15) is 25.1 Å². The fourth-order valence-electron chi connectivity index (χ4n) is 2.97. The van der Waals surface area contributed by atoms with Crippen molar-refractivity contribution in [1.29, 1.82) is 0 Å². The van der Waals surface area contributed by atoms with Gasteiger partial charge < -0.3 is 10.1 Å². The summed E-state index contributed by atoms with van der Waals surface area (Å²) < 4.78 is 5.80. The molecule has 1 aromatic carbocycles. The van der Waals surface area contributed by atoms with Crippen molar-refractivity contribution < 1.29 is 4.74 Å². The van der Waals surface area contributed by atoms with Crippen LogP contribution in [0.25, 0.3) is 0 Å². The van der Waals surface area contributed by atoms with E-state index < -0.39 is 0 Å². The van der Waals surface area contributed by atoms with E-state index in [-0.39, 0.29) is 0 Å². The Morgan fingerprint density at radius 1 is 1.32 bits per heavy atom. The number of nitrogens with one attached hydrogen (secondary N) is 1. The van der Waals surface area contributed by atoms with Crippen molar-refractivity contribution >= 4 is 17.0 Å². The Labute approximate surface area is 136 Å². The molecule has 0 spiro atoms. The molecular weight excluding hydrogens is 294 g/mol. The van der Waals surface area contributed by atoms with Crippen LogP contribution in [0.5, 0.6) is 0 Å². The number of ether oxygens (including phenoxy) is 1. The van der Waals surface area contributed by atoms with Gasteiger partial charge in [0.15, 0.2) is 0 Å². The third-order valence-electron chi connectivity index (χ3n) is 3.79. The van der Waals surface area contributed by atoms with E-state index in [9.17, 15) is 0 Å². The van der Waals surface area contributed by atoms with E-state index in [1.54, 1.807) is 11.3 Å². The fourth-order valence-corrected chi connectivity index (χ4v) is 3.53. The highest BCUT2D eigenvalue weighted by atomic mass is 32.1. The Kier molecular flexibility index (Phi) is 5.08. The second kappa shape index (κ2) is 7.22. The predicted octanol–water partition coefficient (Wildman–Crippen LogP) is 3.36. The minimum absolute atomic E-state index is 0.315. The number of benzene rings is 1. The number of nitrogens with zero attached hydrogens (tertiary/aromatic N) is 2. The first-order valence-electron chi connectivity index (χ1n) is 7.77. The van der Waals surface area contributed by atoms with Gasteiger partial charge in [-0.3, -0.25) is 4.90 Å². The van der Waals surface area contributed by atoms with Gasteiger partial charge in [0, 0.05) is 30.7 Å². The molecule has 1 aliphatic heterocycles. The average molecular weight is 317 g/mol. The lowest BCUT2D eigenvalue weighted by molar-refractivity contribution is -0.0704. The van der Waals surface area contributed by atoms with Gasteiger partial charge in [-0.25, -0.2) is 4.98 Å². The Hall–Kier alpha value is -1.43. The van der Waals surface area contributed by atoms with E-state index in [4.69, 9.17) is 4.74 Å². The van der Waals surface area contributed by atoms with Gasteiger partial charge in [0.2, 0.25) is 0 Å². The normalized spacial score (nSPS) is 22.6. The smallest absolute Gasteiger partial charge is 0.0795 e. The molecule has 0 saturated carbocycles. The van der Waals surface area contributed by atoms with Gasteiger partial charge in [-0.15, -0.1) is 11.3 Å². The van der Waals surface area contributed by atoms with Crippen molar-refractivity contribution in [3.63, 3.8) is 0 Å². The third kappa shape index (κ3) is 4.29. The molecule has 3 rings (SSSR count). The van der Waals surface area contributed by atoms with Gasteiger partial charge >= 0.3 is 0 Å². The Bertz CT molecular complexity index is 577. The van der Waals surface area contributed by atoms with E-state index in [1.807, 2.05) is 5.51 Å². The number of morpholine rings is 1. The van der Waals surface area contributed by atoms with Crippen molar-refractivity contribution in [2.24, 2.45) is 0 Å². The van der Waals surface area contributed by atoms with Gasteiger partial charge in [0.05, 0.1) is 30.0 Å². The van der Waals surface area contributed by atoms with Gasteiger partial charge in [0.25, 0.3) is 0 Å². The van der Waals surface area contributed by atoms with Gasteiger partial charge in [0.1, 0.15) is 0 Å². The minimum Gasteiger partial charge on any atom is -0.379 e. The topological polar surface area (TPSA) is 37.4 Å². The van der Waals surface area contributed by atoms with Crippen LogP contribution in [-0.4, -0.2) is 35.2 Å². The molecule has 1 aliphatic rings. The molecule has 5 heteroatoms. The number of rotatable bonds is 5. The van der Waals surface area contributed by atoms with Crippen LogP contribution in [0.4, 0.5) is 5.69 Å². The summed E-state index contributed by atoms with van der Waals surface area (Å²) >= 11 is 1.63. The van der Waals surface area contributed by atoms with Crippen LogP contribution in [0, 0.1) is 0 Å². The average Bonchev–Trinajstić information content (AvgIpc) is 2.98. The quantitative estimate of drug-likeness (QED) is 0.917. The number of hydrogen-bond donors (Lipinski definition) is 1. The second-order valence-electron chi connectivity index (χ2n) is 5.99. The summed E-state index contributed by atoms with van der Waals surface area (Å²) in [6.45, 7) is 8.05. The molecule has 4 nitrogen and oxygen atoms in total. The molecule has 1 aromatic heterocycles. The fraction of sp³-hybridized carbons (Fsp3) is 0.471. The Balaban J connectivity index is 1.58. The molecule has 2 atom stereocenters. The summed E-state index contributed by atoms with van der Waals surface area (Å²) in [6, 6.07) is 8.66. The molecule has 0 radical (unpaired) electrons. The van der Waals surface area contributed by atoms with Crippen LogP contribution >= 0.6 is 11.3 Å². The Morgan fingerprint density at radius 3 is 2.86 bits per heavy atom. The summed E-state index contributed by atoms with van der Waals surface area (Å²) in [6.07, 6.45) is 0.629. The minimum atomic E-state index is 0.315. The SMILES string of the molecule is C[C@@H]1CN(Cc2cccc(NCc3cscn3)c2)C[C@H](C)O1. The lowest BCUT2D eigenvalue weighted by Gasteiger charge is -2.35. The van der Waals surface area contributed by atoms with E-state index in [0.29, 0.717) is 12.2 Å². The zero-order valence-electron chi connectivity index (χ0n) is 13.2. The van der Waals surface area contributed by atoms with E-state index in [2.05, 4.69) is 58.7 Å². The van der Waals surface area contributed by atoms with Gasteiger partial charge in [-0.1, -0.05) is 12.1 Å². The van der Waals surface area contributed by atoms with Crippen LogP contribution in [0.15, 0.2) is 35.2 Å². The summed E-state index contributed by atoms with van der Waals surface area (Å²) in [4.78, 5) is 6.77. The standard InChI is InChI=1S/C17H23N3OS/c1-13-8-20(9-14(2)21-13)10-15-4-3-5-16(6-15)18-7-17-11-22-12-19-17/h3-6,11-14,18H,7-10H2,1-2H3/t13-,14+. The molecule has 1 saturated heterocycles. The maximum absolute atomic E-state index is 5.80. The molecule has 2 heterocycles. The summed E-state index contributed by atoms with van der Waals surface area (Å²) in [5.74, 6) is 0. The monoisotopic (exact) mass is 317 g/mol. The number of thiazole rings is 1. The highest BCUT2D eigenvalue weighted by molar-refractivity contribution is 7.07. The summed E-state index contributed by atoms with van der Waals surface area (Å²) in [5.41, 5.74) is 5.45. The first-order chi connectivity index (χ1) is 10.7. The Morgan fingerprint density at radius 2 is 2.14 bits per heavy atom. The molecule has 118 valence electrons. The molecule has 0 amide bonds. The number of hydrogen-bond acceptors (Lipinski definition) is 5.